The molecule has 2 aromatic rings. The first-order valence-electron chi connectivity index (χ1n) is 9.95. The molecular weight excluding hydrogens is 513 g/mol. The normalized spacial score (nSPS) is 11.1. The minimum atomic E-state index is -4.83. The number of alkyl halides is 3. The molecule has 0 aliphatic rings. The zero-order valence-electron chi connectivity index (χ0n) is 17.6. The van der Waals surface area contributed by atoms with Crippen LogP contribution in [0.1, 0.15) is 43.1 Å². The Morgan fingerprint density at radius 1 is 1.15 bits per heavy atom. The summed E-state index contributed by atoms with van der Waals surface area (Å²) in [6.07, 6.45) is -1.16. The third-order valence-electron chi connectivity index (χ3n) is 4.09. The Hall–Kier alpha value is -3.09. The van der Waals surface area contributed by atoms with Crippen LogP contribution in [0.25, 0.3) is 0 Å². The lowest BCUT2D eigenvalue weighted by atomic mass is 10.2. The van der Waals surface area contributed by atoms with Gasteiger partial charge < -0.3 is 20.1 Å². The summed E-state index contributed by atoms with van der Waals surface area (Å²) >= 11 is 3.07. The summed E-state index contributed by atoms with van der Waals surface area (Å²) in [4.78, 5) is 35.7. The summed E-state index contributed by atoms with van der Waals surface area (Å²) in [5, 5.41) is 9.04. The number of unbranched alkanes of at least 4 members (excludes halogenated alkanes) is 2. The number of benzene rings is 1. The van der Waals surface area contributed by atoms with E-state index in [9.17, 15) is 27.6 Å². The molecule has 0 atom stereocenters. The van der Waals surface area contributed by atoms with Crippen molar-refractivity contribution >= 4 is 39.5 Å². The van der Waals surface area contributed by atoms with Crippen LogP contribution >= 0.6 is 15.9 Å². The number of hydrogen-bond acceptors (Lipinski definition) is 6. The third kappa shape index (κ3) is 9.12. The number of hydrogen-bond donors (Lipinski definition) is 2. The van der Waals surface area contributed by atoms with E-state index in [1.807, 2.05) is 0 Å². The Morgan fingerprint density at radius 2 is 1.91 bits per heavy atom. The van der Waals surface area contributed by atoms with Crippen LogP contribution in [0.2, 0.25) is 0 Å². The smallest absolute Gasteiger partial charge is 0.466 e. The van der Waals surface area contributed by atoms with E-state index in [1.54, 1.807) is 6.92 Å². The molecule has 0 saturated carbocycles. The van der Waals surface area contributed by atoms with Crippen LogP contribution < -0.4 is 15.4 Å². The van der Waals surface area contributed by atoms with Gasteiger partial charge in [-0.1, -0.05) is 6.42 Å². The molecule has 0 unspecified atom stereocenters. The molecular formula is C20H22BrF3N4O5. The van der Waals surface area contributed by atoms with Crippen LogP contribution in [0.5, 0.6) is 5.75 Å². The van der Waals surface area contributed by atoms with Gasteiger partial charge in [0.15, 0.2) is 5.69 Å². The molecule has 1 heterocycles. The van der Waals surface area contributed by atoms with Gasteiger partial charge in [0.25, 0.3) is 5.91 Å². The van der Waals surface area contributed by atoms with E-state index in [0.29, 0.717) is 32.4 Å². The van der Waals surface area contributed by atoms with Crippen molar-refractivity contribution in [3.05, 3.63) is 40.6 Å². The highest BCUT2D eigenvalue weighted by molar-refractivity contribution is 9.10. The summed E-state index contributed by atoms with van der Waals surface area (Å²) in [5.74, 6) is -1.36. The maximum absolute atomic E-state index is 12.4. The van der Waals surface area contributed by atoms with Crippen molar-refractivity contribution in [2.75, 3.05) is 18.5 Å². The molecule has 0 radical (unpaired) electrons. The fourth-order valence-corrected chi connectivity index (χ4v) is 3.08. The number of nitrogens with zero attached hydrogens (tertiary/aromatic N) is 2. The van der Waals surface area contributed by atoms with Crippen molar-refractivity contribution in [2.45, 2.75) is 39.0 Å². The van der Waals surface area contributed by atoms with E-state index >= 15 is 0 Å². The van der Waals surface area contributed by atoms with Crippen LogP contribution in [-0.4, -0.2) is 47.2 Å². The van der Waals surface area contributed by atoms with Gasteiger partial charge in [-0.3, -0.25) is 9.59 Å². The zero-order valence-corrected chi connectivity index (χ0v) is 19.2. The largest absolute Gasteiger partial charge is 0.573 e. The zero-order chi connectivity index (χ0) is 24.4. The summed E-state index contributed by atoms with van der Waals surface area (Å²) in [6.45, 7) is 2.45. The average Bonchev–Trinajstić information content (AvgIpc) is 3.22. The number of esters is 1. The van der Waals surface area contributed by atoms with Gasteiger partial charge >= 0.3 is 18.4 Å². The van der Waals surface area contributed by atoms with Gasteiger partial charge in [0.1, 0.15) is 5.75 Å². The number of nitrogens with one attached hydrogen (secondary N) is 2. The number of carbonyl (C=O) groups is 3. The van der Waals surface area contributed by atoms with Gasteiger partial charge in [0.05, 0.1) is 12.3 Å². The number of rotatable bonds is 10. The molecule has 0 bridgehead atoms. The second kappa shape index (κ2) is 12.2. The standard InChI is InChI=1S/C20H22BrF3N4O5/c1-2-32-17(29)6-4-3-5-10-25-19(31)28-11-9-16(27-28)18(30)26-15-8-7-13(12-14(15)21)33-20(22,23)24/h7-9,11-12H,2-6,10H2,1H3,(H,25,31)(H,26,30). The highest BCUT2D eigenvalue weighted by Crippen LogP contribution is 2.30. The fraction of sp³-hybridized carbons (Fsp3) is 0.400. The Morgan fingerprint density at radius 3 is 2.58 bits per heavy atom. The molecule has 2 rings (SSSR count). The molecule has 2 N–H and O–H groups in total. The molecule has 0 saturated heterocycles. The molecule has 1 aromatic carbocycles. The lowest BCUT2D eigenvalue weighted by molar-refractivity contribution is -0.274. The summed E-state index contributed by atoms with van der Waals surface area (Å²) in [7, 11) is 0. The Balaban J connectivity index is 1.81. The molecule has 0 spiro atoms. The van der Waals surface area contributed by atoms with Gasteiger partial charge in [-0.15, -0.1) is 13.2 Å². The van der Waals surface area contributed by atoms with Crippen molar-refractivity contribution in [1.82, 2.24) is 15.1 Å². The molecule has 0 aliphatic heterocycles. The van der Waals surface area contributed by atoms with E-state index in [2.05, 4.69) is 36.4 Å². The molecule has 1 aromatic heterocycles. The first-order chi connectivity index (χ1) is 15.6. The van der Waals surface area contributed by atoms with Crippen LogP contribution in [0.3, 0.4) is 0 Å². The summed E-state index contributed by atoms with van der Waals surface area (Å²) in [5.41, 5.74) is 0.124. The number of amides is 2. The van der Waals surface area contributed by atoms with Crippen molar-refractivity contribution < 1.29 is 37.0 Å². The minimum absolute atomic E-state index is 0.0675. The van der Waals surface area contributed by atoms with E-state index in [-0.39, 0.29) is 21.8 Å². The van der Waals surface area contributed by atoms with E-state index < -0.39 is 24.1 Å². The number of halogens is 4. The fourth-order valence-electron chi connectivity index (χ4n) is 2.62. The Labute approximate surface area is 195 Å². The number of anilines is 1. The molecule has 33 heavy (non-hydrogen) atoms. The van der Waals surface area contributed by atoms with Gasteiger partial charge in [-0.05, 0) is 60.0 Å². The minimum Gasteiger partial charge on any atom is -0.466 e. The van der Waals surface area contributed by atoms with Crippen LogP contribution in [-0.2, 0) is 9.53 Å². The van der Waals surface area contributed by atoms with Crippen molar-refractivity contribution in [3.8, 4) is 5.75 Å². The summed E-state index contributed by atoms with van der Waals surface area (Å²) < 4.78 is 46.6. The second-order valence-electron chi connectivity index (χ2n) is 6.64. The molecule has 0 fully saturated rings. The molecule has 180 valence electrons. The van der Waals surface area contributed by atoms with E-state index in [1.165, 1.54) is 18.3 Å². The molecule has 9 nitrogen and oxygen atoms in total. The van der Waals surface area contributed by atoms with Crippen LogP contribution in [0.15, 0.2) is 34.9 Å². The van der Waals surface area contributed by atoms with Gasteiger partial charge in [-0.25, -0.2) is 4.79 Å². The summed E-state index contributed by atoms with van der Waals surface area (Å²) in [6, 6.07) is 4.13. The number of aromatic nitrogens is 2. The third-order valence-corrected chi connectivity index (χ3v) is 4.75. The number of ether oxygens (including phenoxy) is 2. The maximum Gasteiger partial charge on any atom is 0.573 e. The van der Waals surface area contributed by atoms with Crippen molar-refractivity contribution in [3.63, 3.8) is 0 Å². The average molecular weight is 535 g/mol. The van der Waals surface area contributed by atoms with Crippen molar-refractivity contribution in [1.29, 1.82) is 0 Å². The van der Waals surface area contributed by atoms with Crippen molar-refractivity contribution in [2.24, 2.45) is 0 Å². The van der Waals surface area contributed by atoms with Crippen LogP contribution in [0, 0.1) is 0 Å². The van der Waals surface area contributed by atoms with Gasteiger partial charge in [0.2, 0.25) is 0 Å². The Bertz CT molecular complexity index is 981. The second-order valence-corrected chi connectivity index (χ2v) is 7.49. The SMILES string of the molecule is CCOC(=O)CCCCCNC(=O)n1ccc(C(=O)Nc2ccc(OC(F)(F)F)cc2Br)n1. The first-order valence-corrected chi connectivity index (χ1v) is 10.7. The lowest BCUT2D eigenvalue weighted by Gasteiger charge is -2.11. The first kappa shape index (κ1) is 26.2. The highest BCUT2D eigenvalue weighted by Gasteiger charge is 2.31. The molecule has 2 amide bonds. The Kier molecular flexibility index (Phi) is 9.70. The van der Waals surface area contributed by atoms with Gasteiger partial charge in [-0.2, -0.15) is 9.78 Å². The monoisotopic (exact) mass is 534 g/mol. The van der Waals surface area contributed by atoms with E-state index in [4.69, 9.17) is 4.74 Å². The predicted octanol–water partition coefficient (Wildman–Crippen LogP) is 4.48. The maximum atomic E-state index is 12.4. The number of carbonyl (C=O) groups excluding carboxylic acids is 3. The molecule has 13 heteroatoms. The topological polar surface area (TPSA) is 112 Å². The van der Waals surface area contributed by atoms with Gasteiger partial charge in [0, 0.05) is 23.6 Å². The lowest BCUT2D eigenvalue weighted by Crippen LogP contribution is -2.30. The van der Waals surface area contributed by atoms with E-state index in [0.717, 1.165) is 23.2 Å². The molecule has 0 aliphatic carbocycles. The quantitative estimate of drug-likeness (QED) is 0.343. The predicted molar refractivity (Wildman–Crippen MR) is 115 cm³/mol. The van der Waals surface area contributed by atoms with Crippen LogP contribution in [0.4, 0.5) is 23.7 Å². The highest BCUT2D eigenvalue weighted by atomic mass is 79.9.